The second kappa shape index (κ2) is 8.81. The number of aryl methyl sites for hydroxylation is 1. The molecular weight excluding hydrogens is 404 g/mol. The highest BCUT2D eigenvalue weighted by Crippen LogP contribution is 2.20. The number of benzene rings is 3. The number of fused-ring (bicyclic) bond motifs is 1. The summed E-state index contributed by atoms with van der Waals surface area (Å²) in [5.41, 5.74) is 8.91. The summed E-state index contributed by atoms with van der Waals surface area (Å²) in [6.07, 6.45) is 0. The van der Waals surface area contributed by atoms with Gasteiger partial charge in [0.1, 0.15) is 0 Å². The molecule has 0 atom stereocenters. The number of urea groups is 1. The van der Waals surface area contributed by atoms with Crippen LogP contribution in [0.5, 0.6) is 0 Å². The zero-order valence-electron chi connectivity index (χ0n) is 18.1. The molecule has 0 spiro atoms. The fourth-order valence-electron chi connectivity index (χ4n) is 3.36. The number of hydrogen-bond acceptors (Lipinski definition) is 5. The van der Waals surface area contributed by atoms with Gasteiger partial charge in [-0.15, -0.1) is 0 Å². The standard InChI is InChI=1S/C24H24N6O2/c1-16-8-6-9-17(14-16)25-24(32)28-27-23-26-21-13-5-4-12-20(21)22(31)30(23)19-11-7-10-18(15-19)29(2)3/h4-15H,1-3H3,(H,26,27)(H2,25,28,32). The van der Waals surface area contributed by atoms with Gasteiger partial charge in [0.25, 0.3) is 5.56 Å². The molecule has 1 aromatic heterocycles. The van der Waals surface area contributed by atoms with Crippen LogP contribution in [-0.2, 0) is 0 Å². The quantitative estimate of drug-likeness (QED) is 0.419. The van der Waals surface area contributed by atoms with Gasteiger partial charge in [0, 0.05) is 25.5 Å². The Bertz CT molecular complexity index is 1350. The number of hydrogen-bond donors (Lipinski definition) is 3. The first-order chi connectivity index (χ1) is 15.4. The molecule has 4 aromatic rings. The topological polar surface area (TPSA) is 91.3 Å². The van der Waals surface area contributed by atoms with Crippen LogP contribution in [0.25, 0.3) is 16.6 Å². The lowest BCUT2D eigenvalue weighted by Crippen LogP contribution is -2.36. The Hall–Kier alpha value is -4.33. The third-order valence-corrected chi connectivity index (χ3v) is 4.94. The number of para-hydroxylation sites is 1. The highest BCUT2D eigenvalue weighted by molar-refractivity contribution is 5.90. The smallest absolute Gasteiger partial charge is 0.337 e. The molecule has 2 amide bonds. The minimum absolute atomic E-state index is 0.198. The van der Waals surface area contributed by atoms with Gasteiger partial charge in [-0.1, -0.05) is 30.3 Å². The number of carbonyl (C=O) groups excluding carboxylic acids is 1. The van der Waals surface area contributed by atoms with E-state index in [1.54, 1.807) is 24.3 Å². The molecule has 0 saturated heterocycles. The van der Waals surface area contributed by atoms with Gasteiger partial charge >= 0.3 is 6.03 Å². The molecule has 4 rings (SSSR count). The van der Waals surface area contributed by atoms with Crippen molar-refractivity contribution in [2.24, 2.45) is 0 Å². The number of aromatic nitrogens is 2. The molecule has 0 bridgehead atoms. The van der Waals surface area contributed by atoms with Crippen molar-refractivity contribution >= 4 is 34.3 Å². The average Bonchev–Trinajstić information content (AvgIpc) is 2.78. The van der Waals surface area contributed by atoms with E-state index in [4.69, 9.17) is 0 Å². The summed E-state index contributed by atoms with van der Waals surface area (Å²) in [5, 5.41) is 3.24. The number of nitrogens with one attached hydrogen (secondary N) is 3. The zero-order chi connectivity index (χ0) is 22.7. The highest BCUT2D eigenvalue weighted by atomic mass is 16.2. The SMILES string of the molecule is Cc1cccc(NC(=O)NNc2nc3ccccc3c(=O)n2-c2cccc(N(C)C)c2)c1. The van der Waals surface area contributed by atoms with Crippen molar-refractivity contribution < 1.29 is 4.79 Å². The maximum absolute atomic E-state index is 13.3. The summed E-state index contributed by atoms with van der Waals surface area (Å²) in [6, 6.07) is 21.6. The van der Waals surface area contributed by atoms with Crippen LogP contribution in [0.1, 0.15) is 5.56 Å². The summed E-state index contributed by atoms with van der Waals surface area (Å²) >= 11 is 0. The van der Waals surface area contributed by atoms with Gasteiger partial charge in [0.15, 0.2) is 0 Å². The van der Waals surface area contributed by atoms with Crippen LogP contribution in [-0.4, -0.2) is 29.7 Å². The van der Waals surface area contributed by atoms with Gasteiger partial charge in [0.2, 0.25) is 5.95 Å². The third-order valence-electron chi connectivity index (χ3n) is 4.94. The van der Waals surface area contributed by atoms with Crippen LogP contribution in [0.15, 0.2) is 77.6 Å². The van der Waals surface area contributed by atoms with Gasteiger partial charge in [-0.25, -0.2) is 19.8 Å². The Kier molecular flexibility index (Phi) is 5.76. The van der Waals surface area contributed by atoms with Crippen molar-refractivity contribution in [3.8, 4) is 5.69 Å². The molecule has 0 radical (unpaired) electrons. The molecule has 0 unspecified atom stereocenters. The van der Waals surface area contributed by atoms with E-state index < -0.39 is 6.03 Å². The zero-order valence-corrected chi connectivity index (χ0v) is 18.1. The Labute approximate surface area is 185 Å². The minimum atomic E-state index is -0.480. The first kappa shape index (κ1) is 20.9. The van der Waals surface area contributed by atoms with Gasteiger partial charge < -0.3 is 10.2 Å². The summed E-state index contributed by atoms with van der Waals surface area (Å²) in [7, 11) is 3.85. The fourth-order valence-corrected chi connectivity index (χ4v) is 3.36. The van der Waals surface area contributed by atoms with Crippen molar-refractivity contribution in [3.05, 3.63) is 88.7 Å². The largest absolute Gasteiger partial charge is 0.378 e. The van der Waals surface area contributed by atoms with E-state index in [-0.39, 0.29) is 11.5 Å². The molecule has 1 heterocycles. The predicted octanol–water partition coefficient (Wildman–Crippen LogP) is 3.91. The predicted molar refractivity (Wildman–Crippen MR) is 129 cm³/mol. The van der Waals surface area contributed by atoms with E-state index in [0.29, 0.717) is 22.3 Å². The maximum atomic E-state index is 13.3. The summed E-state index contributed by atoms with van der Waals surface area (Å²) in [6.45, 7) is 1.95. The Morgan fingerprint density at radius 1 is 0.969 bits per heavy atom. The van der Waals surface area contributed by atoms with Gasteiger partial charge in [-0.3, -0.25) is 10.2 Å². The number of rotatable bonds is 5. The van der Waals surface area contributed by atoms with E-state index in [9.17, 15) is 9.59 Å². The number of amides is 2. The lowest BCUT2D eigenvalue weighted by atomic mass is 10.2. The Balaban J connectivity index is 1.70. The second-order valence-electron chi connectivity index (χ2n) is 7.58. The van der Waals surface area contributed by atoms with Crippen LogP contribution in [0.2, 0.25) is 0 Å². The van der Waals surface area contributed by atoms with Crippen LogP contribution in [0, 0.1) is 6.92 Å². The van der Waals surface area contributed by atoms with Crippen molar-refractivity contribution in [2.75, 3.05) is 29.7 Å². The van der Waals surface area contributed by atoms with Crippen LogP contribution >= 0.6 is 0 Å². The third kappa shape index (κ3) is 4.39. The Morgan fingerprint density at radius 3 is 2.53 bits per heavy atom. The van der Waals surface area contributed by atoms with E-state index in [1.807, 2.05) is 74.4 Å². The lowest BCUT2D eigenvalue weighted by molar-refractivity contribution is 0.253. The molecule has 162 valence electrons. The molecule has 3 N–H and O–H groups in total. The van der Waals surface area contributed by atoms with E-state index in [1.165, 1.54) is 4.57 Å². The number of anilines is 3. The number of nitrogens with zero attached hydrogens (tertiary/aromatic N) is 3. The molecule has 0 aliphatic rings. The van der Waals surface area contributed by atoms with Crippen LogP contribution in [0.3, 0.4) is 0 Å². The summed E-state index contributed by atoms with van der Waals surface area (Å²) in [4.78, 5) is 32.3. The number of carbonyl (C=O) groups is 1. The lowest BCUT2D eigenvalue weighted by Gasteiger charge is -2.18. The van der Waals surface area contributed by atoms with Crippen LogP contribution in [0.4, 0.5) is 22.1 Å². The van der Waals surface area contributed by atoms with Gasteiger partial charge in [-0.2, -0.15) is 0 Å². The molecule has 32 heavy (non-hydrogen) atoms. The van der Waals surface area contributed by atoms with E-state index in [2.05, 4.69) is 21.2 Å². The molecule has 0 aliphatic carbocycles. The van der Waals surface area contributed by atoms with Crippen molar-refractivity contribution in [3.63, 3.8) is 0 Å². The summed E-state index contributed by atoms with van der Waals surface area (Å²) < 4.78 is 1.45. The van der Waals surface area contributed by atoms with Crippen LogP contribution < -0.4 is 26.6 Å². The molecule has 8 heteroatoms. The number of hydrazine groups is 1. The van der Waals surface area contributed by atoms with E-state index in [0.717, 1.165) is 11.3 Å². The molecule has 0 fully saturated rings. The highest BCUT2D eigenvalue weighted by Gasteiger charge is 2.14. The van der Waals surface area contributed by atoms with Crippen molar-refractivity contribution in [2.45, 2.75) is 6.92 Å². The molecule has 3 aromatic carbocycles. The summed E-state index contributed by atoms with van der Waals surface area (Å²) in [5.74, 6) is 0.198. The fraction of sp³-hybridized carbons (Fsp3) is 0.125. The maximum Gasteiger partial charge on any atom is 0.337 e. The van der Waals surface area contributed by atoms with Gasteiger partial charge in [0.05, 0.1) is 16.6 Å². The van der Waals surface area contributed by atoms with Crippen molar-refractivity contribution in [1.82, 2.24) is 15.0 Å². The molecule has 0 saturated carbocycles. The molecular formula is C24H24N6O2. The molecule has 0 aliphatic heterocycles. The minimum Gasteiger partial charge on any atom is -0.378 e. The van der Waals surface area contributed by atoms with Gasteiger partial charge in [-0.05, 0) is 55.0 Å². The monoisotopic (exact) mass is 428 g/mol. The van der Waals surface area contributed by atoms with E-state index >= 15 is 0 Å². The molecule has 8 nitrogen and oxygen atoms in total. The van der Waals surface area contributed by atoms with Crippen molar-refractivity contribution in [1.29, 1.82) is 0 Å². The second-order valence-corrected chi connectivity index (χ2v) is 7.58. The first-order valence-corrected chi connectivity index (χ1v) is 10.1. The first-order valence-electron chi connectivity index (χ1n) is 10.1. The Morgan fingerprint density at radius 2 is 1.75 bits per heavy atom. The average molecular weight is 428 g/mol. The normalized spacial score (nSPS) is 10.6.